The van der Waals surface area contributed by atoms with Crippen molar-refractivity contribution in [1.29, 1.82) is 0 Å². The minimum atomic E-state index is -0.145. The first-order valence-corrected chi connectivity index (χ1v) is 15.1. The summed E-state index contributed by atoms with van der Waals surface area (Å²) in [5.74, 6) is 0.789. The lowest BCUT2D eigenvalue weighted by atomic mass is 9.54. The van der Waals surface area contributed by atoms with Gasteiger partial charge in [0.05, 0.1) is 11.2 Å². The predicted molar refractivity (Wildman–Crippen MR) is 175 cm³/mol. The highest BCUT2D eigenvalue weighted by molar-refractivity contribution is 7.26. The minimum Gasteiger partial charge on any atom is -0.228 e. The van der Waals surface area contributed by atoms with Crippen molar-refractivity contribution in [2.24, 2.45) is 0 Å². The number of nitrogens with zero attached hydrogens (tertiary/aromatic N) is 2. The Kier molecular flexibility index (Phi) is 5.12. The zero-order valence-electron chi connectivity index (χ0n) is 23.7. The lowest BCUT2D eigenvalue weighted by molar-refractivity contribution is 0.300. The number of hydrogen-bond donors (Lipinski definition) is 0. The molecule has 2 heterocycles. The van der Waals surface area contributed by atoms with Crippen LogP contribution in [0.4, 0.5) is 0 Å². The average molecular weight is 547 g/mol. The SMILES string of the molecule is CC1(C)c2ccccc2-c2cccc(-c3nc(-c4cccc5c4sc4ccccc45)c4ccccc4n3)c2C1(C)C. The topological polar surface area (TPSA) is 25.8 Å². The largest absolute Gasteiger partial charge is 0.228 e. The van der Waals surface area contributed by atoms with Crippen LogP contribution in [0.1, 0.15) is 38.8 Å². The van der Waals surface area contributed by atoms with Crippen molar-refractivity contribution in [3.05, 3.63) is 120 Å². The number of fused-ring (bicyclic) bond motifs is 7. The maximum Gasteiger partial charge on any atom is 0.160 e. The van der Waals surface area contributed by atoms with E-state index in [9.17, 15) is 0 Å². The highest BCUT2D eigenvalue weighted by Crippen LogP contribution is 2.56. The van der Waals surface area contributed by atoms with Gasteiger partial charge in [0.2, 0.25) is 0 Å². The molecular weight excluding hydrogens is 516 g/mol. The molecule has 0 saturated heterocycles. The lowest BCUT2D eigenvalue weighted by Crippen LogP contribution is -2.44. The van der Waals surface area contributed by atoms with Gasteiger partial charge in [-0.15, -0.1) is 11.3 Å². The summed E-state index contributed by atoms with van der Waals surface area (Å²) in [6, 6.07) is 39.3. The van der Waals surface area contributed by atoms with E-state index in [1.54, 1.807) is 0 Å². The van der Waals surface area contributed by atoms with Crippen LogP contribution in [0.15, 0.2) is 109 Å². The van der Waals surface area contributed by atoms with Gasteiger partial charge in [-0.05, 0) is 39.8 Å². The zero-order chi connectivity index (χ0) is 27.9. The smallest absolute Gasteiger partial charge is 0.160 e. The fourth-order valence-corrected chi connectivity index (χ4v) is 8.10. The summed E-state index contributed by atoms with van der Waals surface area (Å²) in [6.45, 7) is 9.51. The normalized spacial score (nSPS) is 15.2. The molecule has 0 radical (unpaired) electrons. The van der Waals surface area contributed by atoms with Crippen molar-refractivity contribution >= 4 is 42.4 Å². The second-order valence-electron chi connectivity index (χ2n) is 12.2. The van der Waals surface area contributed by atoms with Gasteiger partial charge in [0.25, 0.3) is 0 Å². The molecule has 0 atom stereocenters. The first-order valence-electron chi connectivity index (χ1n) is 14.3. The van der Waals surface area contributed by atoms with Gasteiger partial charge >= 0.3 is 0 Å². The molecule has 41 heavy (non-hydrogen) atoms. The van der Waals surface area contributed by atoms with E-state index in [-0.39, 0.29) is 10.8 Å². The van der Waals surface area contributed by atoms with Gasteiger partial charge in [0.1, 0.15) is 0 Å². The highest BCUT2D eigenvalue weighted by Gasteiger charge is 2.47. The Hall–Kier alpha value is -4.34. The molecule has 0 saturated carbocycles. The van der Waals surface area contributed by atoms with E-state index in [0.29, 0.717) is 0 Å². The first-order chi connectivity index (χ1) is 19.9. The summed E-state index contributed by atoms with van der Waals surface area (Å²) in [4.78, 5) is 10.7. The second-order valence-corrected chi connectivity index (χ2v) is 13.3. The van der Waals surface area contributed by atoms with Gasteiger partial charge in [0, 0.05) is 42.1 Å². The van der Waals surface area contributed by atoms with E-state index in [4.69, 9.17) is 9.97 Å². The van der Waals surface area contributed by atoms with Crippen molar-refractivity contribution in [3.63, 3.8) is 0 Å². The third-order valence-electron chi connectivity index (χ3n) is 9.65. The van der Waals surface area contributed by atoms with Crippen molar-refractivity contribution in [3.8, 4) is 33.8 Å². The summed E-state index contributed by atoms with van der Waals surface area (Å²) in [6.07, 6.45) is 0. The van der Waals surface area contributed by atoms with Gasteiger partial charge in [-0.3, -0.25) is 0 Å². The van der Waals surface area contributed by atoms with Crippen LogP contribution in [-0.4, -0.2) is 9.97 Å². The molecule has 1 aliphatic rings. The summed E-state index contributed by atoms with van der Waals surface area (Å²) in [5.41, 5.74) is 9.34. The summed E-state index contributed by atoms with van der Waals surface area (Å²) in [5, 5.41) is 3.66. The molecule has 0 amide bonds. The second kappa shape index (κ2) is 8.58. The van der Waals surface area contributed by atoms with E-state index in [1.807, 2.05) is 11.3 Å². The Morgan fingerprint density at radius 3 is 2.02 bits per heavy atom. The van der Waals surface area contributed by atoms with Gasteiger partial charge < -0.3 is 0 Å². The van der Waals surface area contributed by atoms with Gasteiger partial charge in [-0.2, -0.15) is 0 Å². The molecule has 0 fully saturated rings. The van der Waals surface area contributed by atoms with Crippen LogP contribution in [0.3, 0.4) is 0 Å². The van der Waals surface area contributed by atoms with Gasteiger partial charge in [-0.1, -0.05) is 125 Å². The third kappa shape index (κ3) is 3.36. The summed E-state index contributed by atoms with van der Waals surface area (Å²) < 4.78 is 2.57. The number of hydrogen-bond acceptors (Lipinski definition) is 3. The Morgan fingerprint density at radius 1 is 0.512 bits per heavy atom. The van der Waals surface area contributed by atoms with Crippen molar-refractivity contribution < 1.29 is 0 Å². The van der Waals surface area contributed by atoms with E-state index < -0.39 is 0 Å². The summed E-state index contributed by atoms with van der Waals surface area (Å²) >= 11 is 1.85. The number of thiophene rings is 1. The predicted octanol–water partition coefficient (Wildman–Crippen LogP) is 10.6. The van der Waals surface area contributed by atoms with Gasteiger partial charge in [0.15, 0.2) is 5.82 Å². The van der Waals surface area contributed by atoms with Gasteiger partial charge in [-0.25, -0.2) is 9.97 Å². The maximum atomic E-state index is 5.43. The Labute approximate surface area is 244 Å². The molecule has 7 aromatic rings. The van der Waals surface area contributed by atoms with E-state index in [1.165, 1.54) is 48.0 Å². The Morgan fingerprint density at radius 2 is 1.15 bits per heavy atom. The highest BCUT2D eigenvalue weighted by atomic mass is 32.1. The molecule has 2 aromatic heterocycles. The van der Waals surface area contributed by atoms with E-state index in [0.717, 1.165) is 28.0 Å². The first kappa shape index (κ1) is 24.5. The Bertz CT molecular complexity index is 2170. The summed E-state index contributed by atoms with van der Waals surface area (Å²) in [7, 11) is 0. The molecular formula is C38H30N2S. The maximum absolute atomic E-state index is 5.43. The average Bonchev–Trinajstić information content (AvgIpc) is 3.38. The van der Waals surface area contributed by atoms with Crippen molar-refractivity contribution in [2.45, 2.75) is 38.5 Å². The molecule has 0 N–H and O–H groups in total. The lowest BCUT2D eigenvalue weighted by Gasteiger charge is -2.49. The van der Waals surface area contributed by atoms with E-state index in [2.05, 4.69) is 137 Å². The molecule has 3 heteroatoms. The molecule has 0 bridgehead atoms. The Balaban J connectivity index is 1.45. The number of para-hydroxylation sites is 1. The van der Waals surface area contributed by atoms with Crippen LogP contribution in [0, 0.1) is 0 Å². The fraction of sp³-hybridized carbons (Fsp3) is 0.158. The fourth-order valence-electron chi connectivity index (χ4n) is 6.88. The molecule has 1 aliphatic carbocycles. The van der Waals surface area contributed by atoms with Crippen LogP contribution in [0.2, 0.25) is 0 Å². The molecule has 0 aliphatic heterocycles. The number of benzene rings is 5. The molecule has 5 aromatic carbocycles. The monoisotopic (exact) mass is 546 g/mol. The van der Waals surface area contributed by atoms with Crippen LogP contribution in [0.5, 0.6) is 0 Å². The third-order valence-corrected chi connectivity index (χ3v) is 10.9. The number of aromatic nitrogens is 2. The van der Waals surface area contributed by atoms with Crippen LogP contribution < -0.4 is 0 Å². The molecule has 0 unspecified atom stereocenters. The molecule has 2 nitrogen and oxygen atoms in total. The van der Waals surface area contributed by atoms with Crippen molar-refractivity contribution in [2.75, 3.05) is 0 Å². The van der Waals surface area contributed by atoms with Crippen LogP contribution in [-0.2, 0) is 10.8 Å². The molecule has 198 valence electrons. The minimum absolute atomic E-state index is 0.0744. The standard InChI is InChI=1S/C38H30N2S/c1-37(2)30-20-8-5-13-23(30)25-16-11-18-28(33(25)38(37,3)4)36-39-31-21-9-6-15-27(31)34(40-36)29-19-12-17-26-24-14-7-10-22-32(24)41-35(26)29/h5-22H,1-4H3. The zero-order valence-corrected chi connectivity index (χ0v) is 24.5. The molecule has 0 spiro atoms. The molecule has 8 rings (SSSR count). The van der Waals surface area contributed by atoms with Crippen molar-refractivity contribution in [1.82, 2.24) is 9.97 Å². The van der Waals surface area contributed by atoms with Crippen LogP contribution in [0.25, 0.3) is 64.8 Å². The van der Waals surface area contributed by atoms with Crippen LogP contribution >= 0.6 is 11.3 Å². The quantitative estimate of drug-likeness (QED) is 0.215. The number of rotatable bonds is 2. The van der Waals surface area contributed by atoms with E-state index >= 15 is 0 Å².